The maximum Gasteiger partial charge on any atom is 0.251 e. The number of nitrogens with one attached hydrogen (secondary N) is 2. The number of pyridine rings is 1. The molecular formula is C20H21N3O2. The number of anilines is 1. The smallest absolute Gasteiger partial charge is 0.251 e. The minimum absolute atomic E-state index is 0.0632. The Bertz CT molecular complexity index is 893. The molecule has 0 spiro atoms. The van der Waals surface area contributed by atoms with Gasteiger partial charge in [-0.1, -0.05) is 30.3 Å². The molecule has 0 saturated heterocycles. The summed E-state index contributed by atoms with van der Waals surface area (Å²) >= 11 is 0. The summed E-state index contributed by atoms with van der Waals surface area (Å²) in [6.07, 6.45) is 0.754. The second-order valence-corrected chi connectivity index (χ2v) is 5.80. The number of amides is 1. The maximum absolute atomic E-state index is 11.7. The van der Waals surface area contributed by atoms with Crippen molar-refractivity contribution >= 4 is 22.6 Å². The normalized spacial score (nSPS) is 10.6. The first-order valence-corrected chi connectivity index (χ1v) is 8.25. The Labute approximate surface area is 146 Å². The maximum atomic E-state index is 11.7. The lowest BCUT2D eigenvalue weighted by molar-refractivity contribution is 0.0963. The number of hydrogen-bond donors (Lipinski definition) is 3. The molecule has 0 fully saturated rings. The highest BCUT2D eigenvalue weighted by Gasteiger charge is 2.07. The van der Waals surface area contributed by atoms with Crippen LogP contribution in [-0.4, -0.2) is 29.6 Å². The molecule has 0 atom stereocenters. The van der Waals surface area contributed by atoms with Crippen LogP contribution in [0.25, 0.3) is 10.9 Å². The number of aromatic nitrogens is 1. The molecule has 0 aliphatic heterocycles. The lowest BCUT2D eigenvalue weighted by Gasteiger charge is -2.11. The molecule has 1 heterocycles. The van der Waals surface area contributed by atoms with E-state index < -0.39 is 0 Å². The van der Waals surface area contributed by atoms with Gasteiger partial charge in [0.05, 0.1) is 12.1 Å². The quantitative estimate of drug-likeness (QED) is 0.647. The molecule has 128 valence electrons. The highest BCUT2D eigenvalue weighted by atomic mass is 16.3. The predicted octanol–water partition coefficient (Wildman–Crippen LogP) is 2.74. The van der Waals surface area contributed by atoms with Gasteiger partial charge < -0.3 is 15.7 Å². The van der Waals surface area contributed by atoms with Gasteiger partial charge in [-0.15, -0.1) is 0 Å². The van der Waals surface area contributed by atoms with Crippen molar-refractivity contribution in [2.75, 3.05) is 18.9 Å². The zero-order valence-electron chi connectivity index (χ0n) is 14.1. The van der Waals surface area contributed by atoms with Gasteiger partial charge in [-0.25, -0.2) is 4.98 Å². The van der Waals surface area contributed by atoms with Gasteiger partial charge >= 0.3 is 0 Å². The monoisotopic (exact) mass is 335 g/mol. The number of benzene rings is 2. The van der Waals surface area contributed by atoms with Crippen molar-refractivity contribution in [2.24, 2.45) is 0 Å². The molecule has 3 N–H and O–H groups in total. The van der Waals surface area contributed by atoms with E-state index in [-0.39, 0.29) is 12.5 Å². The average Bonchev–Trinajstić information content (AvgIpc) is 2.67. The molecule has 0 aliphatic rings. The van der Waals surface area contributed by atoms with Crippen LogP contribution in [0, 0.1) is 0 Å². The number of hydrogen-bond acceptors (Lipinski definition) is 4. The minimum atomic E-state index is -0.0893. The fourth-order valence-corrected chi connectivity index (χ4v) is 2.77. The highest BCUT2D eigenvalue weighted by molar-refractivity contribution is 5.94. The van der Waals surface area contributed by atoms with Crippen LogP contribution in [-0.2, 0) is 13.0 Å². The summed E-state index contributed by atoms with van der Waals surface area (Å²) in [5, 5.41) is 16.5. The molecule has 3 aromatic rings. The minimum Gasteiger partial charge on any atom is -0.392 e. The molecule has 2 aromatic carbocycles. The Balaban J connectivity index is 1.71. The van der Waals surface area contributed by atoms with Gasteiger partial charge in [0.2, 0.25) is 0 Å². The Morgan fingerprint density at radius 1 is 1.12 bits per heavy atom. The molecular weight excluding hydrogens is 314 g/mol. The van der Waals surface area contributed by atoms with Crippen molar-refractivity contribution in [3.63, 3.8) is 0 Å². The largest absolute Gasteiger partial charge is 0.392 e. The number of carbonyl (C=O) groups is 1. The molecule has 0 saturated carbocycles. The van der Waals surface area contributed by atoms with E-state index in [0.29, 0.717) is 17.9 Å². The van der Waals surface area contributed by atoms with Gasteiger partial charge in [0.15, 0.2) is 0 Å². The zero-order chi connectivity index (χ0) is 17.6. The Morgan fingerprint density at radius 3 is 2.76 bits per heavy atom. The molecule has 0 bridgehead atoms. The van der Waals surface area contributed by atoms with Crippen LogP contribution >= 0.6 is 0 Å². The Morgan fingerprint density at radius 2 is 1.96 bits per heavy atom. The van der Waals surface area contributed by atoms with Gasteiger partial charge in [-0.05, 0) is 36.2 Å². The van der Waals surface area contributed by atoms with E-state index in [9.17, 15) is 9.90 Å². The molecule has 1 amide bonds. The number of fused-ring (bicyclic) bond motifs is 1. The second-order valence-electron chi connectivity index (χ2n) is 5.80. The highest BCUT2D eigenvalue weighted by Crippen LogP contribution is 2.20. The van der Waals surface area contributed by atoms with Gasteiger partial charge in [0.25, 0.3) is 5.91 Å². The van der Waals surface area contributed by atoms with E-state index in [1.165, 1.54) is 0 Å². The van der Waals surface area contributed by atoms with Crippen LogP contribution in [0.15, 0.2) is 54.6 Å². The molecule has 5 nitrogen and oxygen atoms in total. The molecule has 25 heavy (non-hydrogen) atoms. The van der Waals surface area contributed by atoms with E-state index in [1.807, 2.05) is 48.5 Å². The SMILES string of the molecule is CNC(=O)c1cccc(CCNc2nc3ccccc3cc2CO)c1. The van der Waals surface area contributed by atoms with Crippen molar-refractivity contribution in [3.8, 4) is 0 Å². The summed E-state index contributed by atoms with van der Waals surface area (Å²) in [5.74, 6) is 0.609. The average molecular weight is 335 g/mol. The summed E-state index contributed by atoms with van der Waals surface area (Å²) in [6, 6.07) is 17.4. The third-order valence-corrected chi connectivity index (χ3v) is 4.10. The van der Waals surface area contributed by atoms with Gasteiger partial charge in [0.1, 0.15) is 5.82 Å². The van der Waals surface area contributed by atoms with Gasteiger partial charge in [-0.3, -0.25) is 4.79 Å². The molecule has 0 radical (unpaired) electrons. The first-order chi connectivity index (χ1) is 12.2. The predicted molar refractivity (Wildman–Crippen MR) is 99.7 cm³/mol. The molecule has 0 unspecified atom stereocenters. The van der Waals surface area contributed by atoms with Crippen molar-refractivity contribution in [2.45, 2.75) is 13.0 Å². The van der Waals surface area contributed by atoms with E-state index in [2.05, 4.69) is 15.6 Å². The van der Waals surface area contributed by atoms with E-state index >= 15 is 0 Å². The molecule has 1 aromatic heterocycles. The van der Waals surface area contributed by atoms with Crippen LogP contribution in [0.4, 0.5) is 5.82 Å². The fourth-order valence-electron chi connectivity index (χ4n) is 2.77. The summed E-state index contributed by atoms with van der Waals surface area (Å²) in [6.45, 7) is 0.599. The summed E-state index contributed by atoms with van der Waals surface area (Å²) in [5.41, 5.74) is 3.39. The topological polar surface area (TPSA) is 74.2 Å². The van der Waals surface area contributed by atoms with Crippen LogP contribution in [0.5, 0.6) is 0 Å². The van der Waals surface area contributed by atoms with Crippen molar-refractivity contribution in [3.05, 3.63) is 71.3 Å². The lowest BCUT2D eigenvalue weighted by atomic mass is 10.1. The second kappa shape index (κ2) is 7.77. The third kappa shape index (κ3) is 3.95. The Kier molecular flexibility index (Phi) is 5.26. The number of rotatable bonds is 6. The zero-order valence-corrected chi connectivity index (χ0v) is 14.1. The number of aliphatic hydroxyl groups excluding tert-OH is 1. The van der Waals surface area contributed by atoms with Crippen molar-refractivity contribution < 1.29 is 9.90 Å². The summed E-state index contributed by atoms with van der Waals surface area (Å²) in [7, 11) is 1.62. The van der Waals surface area contributed by atoms with Gasteiger partial charge in [0, 0.05) is 30.1 Å². The number of aliphatic hydroxyl groups is 1. The fraction of sp³-hybridized carbons (Fsp3) is 0.200. The number of nitrogens with zero attached hydrogens (tertiary/aromatic N) is 1. The van der Waals surface area contributed by atoms with Crippen LogP contribution < -0.4 is 10.6 Å². The summed E-state index contributed by atoms with van der Waals surface area (Å²) in [4.78, 5) is 16.3. The molecule has 0 aliphatic carbocycles. The van der Waals surface area contributed by atoms with Crippen LogP contribution in [0.3, 0.4) is 0 Å². The van der Waals surface area contributed by atoms with Crippen LogP contribution in [0.2, 0.25) is 0 Å². The number of para-hydroxylation sites is 1. The molecule has 3 rings (SSSR count). The standard InChI is InChI=1S/C20H21N3O2/c1-21-20(25)16-7-4-5-14(11-16)9-10-22-19-17(13-24)12-15-6-2-3-8-18(15)23-19/h2-8,11-12,24H,9-10,13H2,1H3,(H,21,25)(H,22,23). The lowest BCUT2D eigenvalue weighted by Crippen LogP contribution is -2.18. The summed E-state index contributed by atoms with van der Waals surface area (Å²) < 4.78 is 0. The third-order valence-electron chi connectivity index (χ3n) is 4.10. The van der Waals surface area contributed by atoms with E-state index in [4.69, 9.17) is 0 Å². The Hall–Kier alpha value is -2.92. The van der Waals surface area contributed by atoms with E-state index in [1.54, 1.807) is 13.1 Å². The van der Waals surface area contributed by atoms with Gasteiger partial charge in [-0.2, -0.15) is 0 Å². The first kappa shape index (κ1) is 16.9. The van der Waals surface area contributed by atoms with Crippen LogP contribution in [0.1, 0.15) is 21.5 Å². The van der Waals surface area contributed by atoms with Crippen molar-refractivity contribution in [1.29, 1.82) is 0 Å². The molecule has 5 heteroatoms. The first-order valence-electron chi connectivity index (χ1n) is 8.25. The van der Waals surface area contributed by atoms with E-state index in [0.717, 1.165) is 28.5 Å². The number of carbonyl (C=O) groups excluding carboxylic acids is 1. The van der Waals surface area contributed by atoms with Crippen molar-refractivity contribution in [1.82, 2.24) is 10.3 Å².